The molecular weight excluding hydrogens is 885 g/mol. The van der Waals surface area contributed by atoms with E-state index in [4.69, 9.17) is 16.4 Å². The van der Waals surface area contributed by atoms with E-state index in [2.05, 4.69) is 51.7 Å². The highest BCUT2D eigenvalue weighted by Gasteiger charge is 2.50. The molecule has 5 N–H and O–H groups in total. The first-order valence-electron chi connectivity index (χ1n) is 25.0. The number of piperazine rings is 2. The first-order valence-corrected chi connectivity index (χ1v) is 25.0. The molecule has 370 valence electrons. The third kappa shape index (κ3) is 10.5. The van der Waals surface area contributed by atoms with Crippen molar-refractivity contribution < 1.29 is 24.6 Å². The first-order chi connectivity index (χ1) is 33.7. The van der Waals surface area contributed by atoms with Crippen molar-refractivity contribution >= 4 is 40.9 Å². The molecule has 2 aliphatic carbocycles. The lowest BCUT2D eigenvalue weighted by molar-refractivity contribution is -0.145. The second-order valence-corrected chi connectivity index (χ2v) is 21.1. The normalized spacial score (nSPS) is 24.4. The van der Waals surface area contributed by atoms with Crippen LogP contribution in [0, 0.1) is 29.1 Å². The lowest BCUT2D eigenvalue weighted by Crippen LogP contribution is -2.59. The van der Waals surface area contributed by atoms with Gasteiger partial charge in [0.05, 0.1) is 35.6 Å². The molecular formula is C53H68N12O5. The van der Waals surface area contributed by atoms with E-state index in [0.717, 1.165) is 119 Å². The molecule has 5 fully saturated rings. The number of aromatic hydroxyl groups is 1. The minimum Gasteiger partial charge on any atom is -0.507 e. The lowest BCUT2D eigenvalue weighted by Gasteiger charge is -2.56. The van der Waals surface area contributed by atoms with E-state index in [-0.39, 0.29) is 54.3 Å². The van der Waals surface area contributed by atoms with E-state index in [1.54, 1.807) is 12.1 Å². The summed E-state index contributed by atoms with van der Waals surface area (Å²) in [6.45, 7) is 12.9. The number of aliphatic hydroxyl groups is 1. The van der Waals surface area contributed by atoms with Crippen LogP contribution < -0.4 is 30.7 Å². The predicted molar refractivity (Wildman–Crippen MR) is 270 cm³/mol. The molecule has 17 heteroatoms. The van der Waals surface area contributed by atoms with Gasteiger partial charge in [0.1, 0.15) is 17.8 Å². The number of benzene rings is 2. The topological polar surface area (TPSA) is 196 Å². The van der Waals surface area contributed by atoms with Gasteiger partial charge in [-0.2, -0.15) is 0 Å². The Morgan fingerprint density at radius 2 is 1.53 bits per heavy atom. The van der Waals surface area contributed by atoms with Crippen molar-refractivity contribution in [2.75, 3.05) is 86.0 Å². The molecule has 2 aromatic carbocycles. The van der Waals surface area contributed by atoms with Gasteiger partial charge in [-0.1, -0.05) is 51.0 Å². The van der Waals surface area contributed by atoms with Crippen LogP contribution in [0.3, 0.4) is 0 Å². The molecule has 3 saturated heterocycles. The van der Waals surface area contributed by atoms with Crippen molar-refractivity contribution in [3.8, 4) is 29.4 Å². The van der Waals surface area contributed by atoms with Crippen LogP contribution in [0.2, 0.25) is 0 Å². The van der Waals surface area contributed by atoms with Crippen LogP contribution in [0.25, 0.3) is 11.3 Å². The molecule has 2 saturated carbocycles. The number of nitrogens with zero attached hydrogens (tertiary/aromatic N) is 9. The summed E-state index contributed by atoms with van der Waals surface area (Å²) in [5.74, 6) is 3.23. The number of nitrogens with one attached hydrogen (secondary N) is 3. The molecule has 3 amide bonds. The summed E-state index contributed by atoms with van der Waals surface area (Å²) in [4.78, 5) is 62.2. The number of amides is 3. The number of terminal acetylenes is 1. The quantitative estimate of drug-likeness (QED) is 0.127. The van der Waals surface area contributed by atoms with Crippen molar-refractivity contribution in [1.82, 2.24) is 40.6 Å². The third-order valence-electron chi connectivity index (χ3n) is 15.5. The fourth-order valence-corrected chi connectivity index (χ4v) is 11.3. The fraction of sp³-hybridized carbons (Fsp3) is 0.528. The van der Waals surface area contributed by atoms with Crippen molar-refractivity contribution in [2.24, 2.45) is 16.7 Å². The molecule has 5 heterocycles. The molecule has 9 rings (SSSR count). The van der Waals surface area contributed by atoms with Crippen LogP contribution in [-0.4, -0.2) is 148 Å². The highest BCUT2D eigenvalue weighted by atomic mass is 16.3. The molecule has 2 aromatic heterocycles. The monoisotopic (exact) mass is 953 g/mol. The van der Waals surface area contributed by atoms with Crippen molar-refractivity contribution in [2.45, 2.75) is 96.5 Å². The van der Waals surface area contributed by atoms with Crippen molar-refractivity contribution in [1.29, 1.82) is 0 Å². The highest BCUT2D eigenvalue weighted by molar-refractivity contribution is 5.93. The fourth-order valence-electron chi connectivity index (χ4n) is 11.3. The Balaban J connectivity index is 0.711. The largest absolute Gasteiger partial charge is 0.507 e. The Bertz CT molecular complexity index is 2530. The predicted octanol–water partition coefficient (Wildman–Crippen LogP) is 4.26. The van der Waals surface area contributed by atoms with Gasteiger partial charge in [0.15, 0.2) is 5.82 Å². The molecule has 3 aliphatic heterocycles. The summed E-state index contributed by atoms with van der Waals surface area (Å²) in [6, 6.07) is 15.4. The van der Waals surface area contributed by atoms with Gasteiger partial charge >= 0.3 is 0 Å². The van der Waals surface area contributed by atoms with Crippen molar-refractivity contribution in [3.05, 3.63) is 78.1 Å². The zero-order valence-corrected chi connectivity index (χ0v) is 41.0. The summed E-state index contributed by atoms with van der Waals surface area (Å²) >= 11 is 0. The second-order valence-electron chi connectivity index (χ2n) is 21.1. The van der Waals surface area contributed by atoms with E-state index in [1.807, 2.05) is 82.7 Å². The van der Waals surface area contributed by atoms with Gasteiger partial charge in [-0.25, -0.2) is 9.97 Å². The maximum Gasteiger partial charge on any atom is 0.246 e. The van der Waals surface area contributed by atoms with Crippen molar-refractivity contribution in [3.63, 3.8) is 0 Å². The number of likely N-dealkylation sites (tertiary alicyclic amines) is 1. The molecule has 3 atom stereocenters. The molecule has 0 unspecified atom stereocenters. The Hall–Kier alpha value is -6.51. The van der Waals surface area contributed by atoms with Crippen LogP contribution in [0.5, 0.6) is 5.75 Å². The average Bonchev–Trinajstić information content (AvgIpc) is 3.77. The molecule has 70 heavy (non-hydrogen) atoms. The summed E-state index contributed by atoms with van der Waals surface area (Å²) in [5.41, 5.74) is 4.53. The average molecular weight is 953 g/mol. The van der Waals surface area contributed by atoms with Gasteiger partial charge in [-0.3, -0.25) is 19.3 Å². The van der Waals surface area contributed by atoms with Gasteiger partial charge in [0.25, 0.3) is 0 Å². The molecule has 0 radical (unpaired) electrons. The van der Waals surface area contributed by atoms with Crippen LogP contribution in [0.15, 0.2) is 67.0 Å². The summed E-state index contributed by atoms with van der Waals surface area (Å²) < 4.78 is 0. The van der Waals surface area contributed by atoms with Gasteiger partial charge < -0.3 is 45.8 Å². The SMILES string of the molecule is C#Cc1ccc(CNC(=O)[C@@H]2C[C@@H](O)CN2C(=O)[C@@H](NC(=O)[C@H]2CCC3(CC2)C[C@H](N2CCN(c4cnc(N5CCN(c6cc(-c7ccccc7O)nnc6NC)CC5)nc4)CC2)C3)C(C)(C)C)cc1. The van der Waals surface area contributed by atoms with E-state index in [1.165, 1.54) is 4.90 Å². The van der Waals surface area contributed by atoms with E-state index in [0.29, 0.717) is 23.1 Å². The zero-order chi connectivity index (χ0) is 49.2. The number of carbonyl (C=O) groups excluding carboxylic acids is 3. The third-order valence-corrected chi connectivity index (χ3v) is 15.5. The van der Waals surface area contributed by atoms with E-state index < -0.39 is 23.6 Å². The second kappa shape index (κ2) is 20.4. The minimum absolute atomic E-state index is 0.0384. The molecule has 5 aliphatic rings. The molecule has 4 aromatic rings. The van der Waals surface area contributed by atoms with Crippen LogP contribution >= 0.6 is 0 Å². The standard InChI is InChI=1S/C53H68N12O5/c1-6-35-11-13-36(14-12-35)31-55-49(69)44-27-40(66)34-65(44)50(70)46(52(2,3)4)58-48(68)37-15-17-53(18-16-37)29-38(30-53)61-19-21-62(22-20-61)39-32-56-51(57-33-39)64-25-23-63(24-26-64)43-28-42(59-60-47(43)54-5)41-9-7-8-10-45(41)67/h1,7-14,28,32-33,37-38,40,44,46,66-67H,15-27,29-31,34H2,2-5H3,(H,54,60)(H,55,69)(H,58,68)/t37-,38-,40-,44+,46-,53?/m1/s1. The van der Waals surface area contributed by atoms with Gasteiger partial charge in [0, 0.05) is 102 Å². The summed E-state index contributed by atoms with van der Waals surface area (Å²) in [6.07, 6.45) is 14.6. The van der Waals surface area contributed by atoms with Gasteiger partial charge in [-0.15, -0.1) is 16.6 Å². The number of rotatable bonds is 12. The maximum atomic E-state index is 14.2. The van der Waals surface area contributed by atoms with Crippen LogP contribution in [0.4, 0.5) is 23.1 Å². The van der Waals surface area contributed by atoms with Gasteiger partial charge in [0.2, 0.25) is 23.7 Å². The van der Waals surface area contributed by atoms with E-state index >= 15 is 0 Å². The maximum absolute atomic E-state index is 14.2. The smallest absolute Gasteiger partial charge is 0.246 e. The summed E-state index contributed by atoms with van der Waals surface area (Å²) in [7, 11) is 1.84. The number of hydrogen-bond donors (Lipinski definition) is 5. The minimum atomic E-state index is -0.845. The zero-order valence-electron chi connectivity index (χ0n) is 41.0. The number of phenols is 1. The molecule has 17 nitrogen and oxygen atoms in total. The Morgan fingerprint density at radius 1 is 0.871 bits per heavy atom. The van der Waals surface area contributed by atoms with Crippen LogP contribution in [0.1, 0.15) is 76.8 Å². The molecule has 1 spiro atoms. The number of aliphatic hydroxyl groups excluding tert-OH is 1. The number of carbonyl (C=O) groups is 3. The number of anilines is 4. The van der Waals surface area contributed by atoms with E-state index in [9.17, 15) is 24.6 Å². The number of aromatic nitrogens is 4. The number of phenolic OH excluding ortho intramolecular Hbond substituents is 1. The number of hydrogen-bond acceptors (Lipinski definition) is 14. The summed E-state index contributed by atoms with van der Waals surface area (Å²) in [5, 5.41) is 39.1. The first kappa shape index (κ1) is 48.5. The van der Waals surface area contributed by atoms with Crippen LogP contribution in [-0.2, 0) is 20.9 Å². The Kier molecular flexibility index (Phi) is 14.2. The number of para-hydroxylation sites is 1. The lowest BCUT2D eigenvalue weighted by atomic mass is 9.56. The Labute approximate surface area is 411 Å². The molecule has 0 bridgehead atoms. The number of β-amino-alcohol motifs (C(OH)–C–C–N with tert-alkyl or cyclic N) is 1. The van der Waals surface area contributed by atoms with Gasteiger partial charge in [-0.05, 0) is 85.3 Å². The Morgan fingerprint density at radius 3 is 2.17 bits per heavy atom. The highest BCUT2D eigenvalue weighted by Crippen LogP contribution is 2.54.